The number of hydrogen-bond donors (Lipinski definition) is 2. The van der Waals surface area contributed by atoms with Gasteiger partial charge in [0, 0.05) is 6.42 Å². The molecule has 1 heterocycles. The number of aryl methyl sites for hydroxylation is 1. The number of carbonyl (C=O) groups is 2. The fourth-order valence-corrected chi connectivity index (χ4v) is 2.54. The van der Waals surface area contributed by atoms with Crippen LogP contribution in [0, 0.1) is 0 Å². The highest BCUT2D eigenvalue weighted by Gasteiger charge is 2.23. The van der Waals surface area contributed by atoms with E-state index in [-0.39, 0.29) is 6.42 Å². The molecule has 1 amide bonds. The van der Waals surface area contributed by atoms with Crippen molar-refractivity contribution in [1.82, 2.24) is 14.9 Å². The standard InChI is InChI=1S/C14H15N3O3S/c1-2-10-12(21-17-16-10)13(18)15-11(14(19)20)8-9-6-4-3-5-7-9/h3-7,11H,2,8H2,1H3,(H,15,18)(H,19,20)/t11-/m1/s1. The number of carboxylic acids is 1. The van der Waals surface area contributed by atoms with Gasteiger partial charge in [-0.1, -0.05) is 41.7 Å². The predicted molar refractivity (Wildman–Crippen MR) is 78.3 cm³/mol. The third-order valence-corrected chi connectivity index (χ3v) is 3.75. The highest BCUT2D eigenvalue weighted by molar-refractivity contribution is 7.08. The van der Waals surface area contributed by atoms with Gasteiger partial charge in [-0.3, -0.25) is 4.79 Å². The van der Waals surface area contributed by atoms with Gasteiger partial charge in [-0.2, -0.15) is 0 Å². The lowest BCUT2D eigenvalue weighted by atomic mass is 10.1. The van der Waals surface area contributed by atoms with Crippen molar-refractivity contribution < 1.29 is 14.7 Å². The van der Waals surface area contributed by atoms with Crippen LogP contribution in [-0.2, 0) is 17.6 Å². The van der Waals surface area contributed by atoms with Crippen molar-refractivity contribution in [1.29, 1.82) is 0 Å². The number of rotatable bonds is 6. The van der Waals surface area contributed by atoms with Crippen molar-refractivity contribution >= 4 is 23.4 Å². The predicted octanol–water partition coefficient (Wildman–Crippen LogP) is 1.53. The lowest BCUT2D eigenvalue weighted by molar-refractivity contribution is -0.139. The van der Waals surface area contributed by atoms with Gasteiger partial charge in [-0.15, -0.1) is 5.10 Å². The van der Waals surface area contributed by atoms with Crippen LogP contribution in [0.5, 0.6) is 0 Å². The molecule has 2 rings (SSSR count). The zero-order valence-electron chi connectivity index (χ0n) is 11.4. The van der Waals surface area contributed by atoms with E-state index in [2.05, 4.69) is 14.9 Å². The van der Waals surface area contributed by atoms with Crippen molar-refractivity contribution in [3.05, 3.63) is 46.5 Å². The minimum atomic E-state index is -1.07. The van der Waals surface area contributed by atoms with Crippen LogP contribution in [-0.4, -0.2) is 32.6 Å². The molecule has 6 nitrogen and oxygen atoms in total. The third kappa shape index (κ3) is 3.85. The molecule has 0 aliphatic carbocycles. The maximum Gasteiger partial charge on any atom is 0.326 e. The first-order valence-electron chi connectivity index (χ1n) is 6.50. The van der Waals surface area contributed by atoms with Crippen molar-refractivity contribution in [2.24, 2.45) is 0 Å². The Balaban J connectivity index is 2.10. The molecule has 0 saturated heterocycles. The van der Waals surface area contributed by atoms with Gasteiger partial charge in [-0.05, 0) is 23.5 Å². The maximum atomic E-state index is 12.1. The summed E-state index contributed by atoms with van der Waals surface area (Å²) in [5, 5.41) is 15.7. The second-order valence-electron chi connectivity index (χ2n) is 4.46. The molecule has 21 heavy (non-hydrogen) atoms. The van der Waals surface area contributed by atoms with Gasteiger partial charge in [0.2, 0.25) is 0 Å². The van der Waals surface area contributed by atoms with Crippen LogP contribution in [0.1, 0.15) is 27.9 Å². The monoisotopic (exact) mass is 305 g/mol. The molecule has 2 N–H and O–H groups in total. The van der Waals surface area contributed by atoms with Crippen LogP contribution in [0.2, 0.25) is 0 Å². The largest absolute Gasteiger partial charge is 0.480 e. The smallest absolute Gasteiger partial charge is 0.326 e. The summed E-state index contributed by atoms with van der Waals surface area (Å²) in [6.45, 7) is 1.87. The highest BCUT2D eigenvalue weighted by Crippen LogP contribution is 2.12. The Bertz CT molecular complexity index is 627. The van der Waals surface area contributed by atoms with Crippen molar-refractivity contribution in [3.8, 4) is 0 Å². The van der Waals surface area contributed by atoms with E-state index in [0.29, 0.717) is 17.0 Å². The SMILES string of the molecule is CCc1nnsc1C(=O)N[C@H](Cc1ccccc1)C(=O)O. The van der Waals surface area contributed by atoms with E-state index in [0.717, 1.165) is 17.1 Å². The number of carbonyl (C=O) groups excluding carboxylic acids is 1. The molecule has 7 heteroatoms. The van der Waals surface area contributed by atoms with E-state index in [1.807, 2.05) is 37.3 Å². The zero-order chi connectivity index (χ0) is 15.2. The van der Waals surface area contributed by atoms with Crippen LogP contribution >= 0.6 is 11.5 Å². The first-order chi connectivity index (χ1) is 10.1. The molecule has 0 radical (unpaired) electrons. The Morgan fingerprint density at radius 3 is 2.67 bits per heavy atom. The third-order valence-electron chi connectivity index (χ3n) is 2.98. The summed E-state index contributed by atoms with van der Waals surface area (Å²) >= 11 is 0.976. The van der Waals surface area contributed by atoms with E-state index >= 15 is 0 Å². The Hall–Kier alpha value is -2.28. The molecular formula is C14H15N3O3S. The number of nitrogens with zero attached hydrogens (tertiary/aromatic N) is 2. The lowest BCUT2D eigenvalue weighted by Crippen LogP contribution is -2.42. The van der Waals surface area contributed by atoms with Crippen LogP contribution in [0.15, 0.2) is 30.3 Å². The van der Waals surface area contributed by atoms with Gasteiger partial charge >= 0.3 is 5.97 Å². The van der Waals surface area contributed by atoms with Gasteiger partial charge in [0.25, 0.3) is 5.91 Å². The van der Waals surface area contributed by atoms with E-state index in [4.69, 9.17) is 0 Å². The molecule has 2 aromatic rings. The maximum absolute atomic E-state index is 12.1. The number of hydrogen-bond acceptors (Lipinski definition) is 5. The molecule has 1 aromatic heterocycles. The van der Waals surface area contributed by atoms with Crippen LogP contribution in [0.25, 0.3) is 0 Å². The molecule has 0 fully saturated rings. The molecule has 1 atom stereocenters. The first-order valence-corrected chi connectivity index (χ1v) is 7.28. The van der Waals surface area contributed by atoms with Crippen LogP contribution in [0.4, 0.5) is 0 Å². The van der Waals surface area contributed by atoms with E-state index in [1.54, 1.807) is 0 Å². The number of aliphatic carboxylic acids is 1. The minimum absolute atomic E-state index is 0.232. The molecule has 0 saturated carbocycles. The summed E-state index contributed by atoms with van der Waals surface area (Å²) in [6.07, 6.45) is 0.811. The Labute approximate surface area is 126 Å². The van der Waals surface area contributed by atoms with Crippen LogP contribution < -0.4 is 5.32 Å². The Morgan fingerprint density at radius 2 is 2.05 bits per heavy atom. The molecule has 0 bridgehead atoms. The topological polar surface area (TPSA) is 92.2 Å². The fourth-order valence-electron chi connectivity index (χ4n) is 1.89. The molecule has 0 unspecified atom stereocenters. The highest BCUT2D eigenvalue weighted by atomic mass is 32.1. The average Bonchev–Trinajstić information content (AvgIpc) is 2.96. The summed E-state index contributed by atoms with van der Waals surface area (Å²) in [5.74, 6) is -1.51. The molecule has 1 aromatic carbocycles. The molecule has 0 aliphatic heterocycles. The summed E-state index contributed by atoms with van der Waals surface area (Å²) in [7, 11) is 0. The Kier molecular flexibility index (Phi) is 4.99. The van der Waals surface area contributed by atoms with Crippen LogP contribution in [0.3, 0.4) is 0 Å². The summed E-state index contributed by atoms with van der Waals surface area (Å²) in [4.78, 5) is 23.8. The molecule has 0 spiro atoms. The van der Waals surface area contributed by atoms with E-state index < -0.39 is 17.9 Å². The quantitative estimate of drug-likeness (QED) is 0.844. The summed E-state index contributed by atoms with van der Waals surface area (Å²) in [5.41, 5.74) is 1.43. The fraction of sp³-hybridized carbons (Fsp3) is 0.286. The second-order valence-corrected chi connectivity index (χ2v) is 5.21. The lowest BCUT2D eigenvalue weighted by Gasteiger charge is -2.14. The Morgan fingerprint density at radius 1 is 1.33 bits per heavy atom. The number of aromatic nitrogens is 2. The van der Waals surface area contributed by atoms with Gasteiger partial charge in [-0.25, -0.2) is 4.79 Å². The normalized spacial score (nSPS) is 11.9. The summed E-state index contributed by atoms with van der Waals surface area (Å²) in [6, 6.07) is 8.19. The average molecular weight is 305 g/mol. The van der Waals surface area contributed by atoms with Crippen molar-refractivity contribution in [2.75, 3.05) is 0 Å². The van der Waals surface area contributed by atoms with Crippen molar-refractivity contribution in [2.45, 2.75) is 25.8 Å². The van der Waals surface area contributed by atoms with E-state index in [1.165, 1.54) is 0 Å². The zero-order valence-corrected chi connectivity index (χ0v) is 12.3. The van der Waals surface area contributed by atoms with Gasteiger partial charge in [0.15, 0.2) is 0 Å². The number of carboxylic acid groups (broad SMARTS) is 1. The second kappa shape index (κ2) is 6.94. The first kappa shape index (κ1) is 15.1. The van der Waals surface area contributed by atoms with E-state index in [9.17, 15) is 14.7 Å². The summed E-state index contributed by atoms with van der Waals surface area (Å²) < 4.78 is 3.73. The number of nitrogens with one attached hydrogen (secondary N) is 1. The molecule has 0 aliphatic rings. The molecular weight excluding hydrogens is 290 g/mol. The van der Waals surface area contributed by atoms with Gasteiger partial charge in [0.05, 0.1) is 5.69 Å². The minimum Gasteiger partial charge on any atom is -0.480 e. The van der Waals surface area contributed by atoms with Gasteiger partial charge in [0.1, 0.15) is 10.9 Å². The number of benzene rings is 1. The van der Waals surface area contributed by atoms with Gasteiger partial charge < -0.3 is 10.4 Å². The van der Waals surface area contributed by atoms with Crippen molar-refractivity contribution in [3.63, 3.8) is 0 Å². The number of amides is 1. The molecule has 110 valence electrons.